The van der Waals surface area contributed by atoms with Crippen LogP contribution in [0.3, 0.4) is 0 Å². The van der Waals surface area contributed by atoms with Crippen molar-refractivity contribution in [3.8, 4) is 0 Å². The molecule has 1 unspecified atom stereocenters. The number of anilines is 1. The third-order valence-electron chi connectivity index (χ3n) is 3.36. The average molecular weight is 346 g/mol. The van der Waals surface area contributed by atoms with Gasteiger partial charge in [0, 0.05) is 24.8 Å². The lowest BCUT2D eigenvalue weighted by Crippen LogP contribution is -2.19. The van der Waals surface area contributed by atoms with E-state index in [0.717, 1.165) is 24.7 Å². The number of nitro groups is 1. The van der Waals surface area contributed by atoms with Gasteiger partial charge in [-0.3, -0.25) is 10.1 Å². The Bertz CT molecular complexity index is 437. The maximum Gasteiger partial charge on any atom is 0.282 e. The van der Waals surface area contributed by atoms with Gasteiger partial charge in [0.2, 0.25) is 0 Å². The van der Waals surface area contributed by atoms with Crippen molar-refractivity contribution in [2.24, 2.45) is 5.92 Å². The lowest BCUT2D eigenvalue weighted by atomic mass is 10.1. The lowest BCUT2D eigenvalue weighted by Gasteiger charge is -2.18. The molecule has 1 aliphatic heterocycles. The summed E-state index contributed by atoms with van der Waals surface area (Å²) in [5.74, 6) is 0.767. The van der Waals surface area contributed by atoms with E-state index < -0.39 is 0 Å². The molecule has 0 aromatic heterocycles. The van der Waals surface area contributed by atoms with Crippen molar-refractivity contribution in [1.82, 2.24) is 0 Å². The van der Waals surface area contributed by atoms with Crippen LogP contribution in [-0.4, -0.2) is 18.0 Å². The van der Waals surface area contributed by atoms with E-state index in [1.165, 1.54) is 12.8 Å². The minimum Gasteiger partial charge on any atom is -0.371 e. The largest absolute Gasteiger partial charge is 0.371 e. The standard InChI is InChI=1S/C12H15IN2O2/c1-2-9-5-6-14(8-9)10-3-4-12(15(16)17)11(13)7-10/h3-4,7,9H,2,5-6,8H2,1H3. The molecule has 0 saturated carbocycles. The van der Waals surface area contributed by atoms with Gasteiger partial charge in [0.1, 0.15) is 0 Å². The second kappa shape index (κ2) is 5.20. The fraction of sp³-hybridized carbons (Fsp3) is 0.500. The molecular weight excluding hydrogens is 331 g/mol. The van der Waals surface area contributed by atoms with Gasteiger partial charge in [-0.15, -0.1) is 0 Å². The fourth-order valence-corrected chi connectivity index (χ4v) is 2.94. The van der Waals surface area contributed by atoms with Crippen LogP contribution >= 0.6 is 22.6 Å². The Morgan fingerprint density at radius 2 is 2.35 bits per heavy atom. The molecule has 5 heteroatoms. The zero-order chi connectivity index (χ0) is 12.4. The van der Waals surface area contributed by atoms with Crippen LogP contribution in [0.15, 0.2) is 18.2 Å². The van der Waals surface area contributed by atoms with E-state index in [9.17, 15) is 10.1 Å². The van der Waals surface area contributed by atoms with Crippen LogP contribution in [0.1, 0.15) is 19.8 Å². The molecule has 0 N–H and O–H groups in total. The predicted octanol–water partition coefficient (Wildman–Crippen LogP) is 3.44. The molecule has 0 amide bonds. The Balaban J connectivity index is 2.18. The average Bonchev–Trinajstić information content (AvgIpc) is 2.76. The lowest BCUT2D eigenvalue weighted by molar-refractivity contribution is -0.385. The zero-order valence-electron chi connectivity index (χ0n) is 9.73. The van der Waals surface area contributed by atoms with Crippen LogP contribution < -0.4 is 4.90 Å². The van der Waals surface area contributed by atoms with Crippen molar-refractivity contribution < 1.29 is 4.92 Å². The Morgan fingerprint density at radius 1 is 1.59 bits per heavy atom. The van der Waals surface area contributed by atoms with Crippen LogP contribution in [0.2, 0.25) is 0 Å². The Morgan fingerprint density at radius 3 is 2.88 bits per heavy atom. The highest BCUT2D eigenvalue weighted by molar-refractivity contribution is 14.1. The molecule has 1 saturated heterocycles. The molecule has 2 rings (SSSR count). The van der Waals surface area contributed by atoms with E-state index in [2.05, 4.69) is 11.8 Å². The molecule has 1 heterocycles. The van der Waals surface area contributed by atoms with Gasteiger partial charge in [-0.2, -0.15) is 0 Å². The maximum absolute atomic E-state index is 10.7. The summed E-state index contributed by atoms with van der Waals surface area (Å²) in [7, 11) is 0. The first-order chi connectivity index (χ1) is 8.11. The van der Waals surface area contributed by atoms with Crippen molar-refractivity contribution in [1.29, 1.82) is 0 Å². The monoisotopic (exact) mass is 346 g/mol. The number of hydrogen-bond donors (Lipinski definition) is 0. The minimum atomic E-state index is -0.329. The number of halogens is 1. The second-order valence-corrected chi connectivity index (χ2v) is 5.56. The number of nitro benzene ring substituents is 1. The first-order valence-electron chi connectivity index (χ1n) is 5.80. The van der Waals surface area contributed by atoms with Crippen LogP contribution in [0.4, 0.5) is 11.4 Å². The van der Waals surface area contributed by atoms with Gasteiger partial charge in [0.25, 0.3) is 5.69 Å². The highest BCUT2D eigenvalue weighted by Crippen LogP contribution is 2.30. The Hall–Kier alpha value is -0.850. The molecule has 1 aliphatic rings. The van der Waals surface area contributed by atoms with Crippen LogP contribution in [0.5, 0.6) is 0 Å². The van der Waals surface area contributed by atoms with Crippen molar-refractivity contribution in [2.45, 2.75) is 19.8 Å². The molecule has 1 atom stereocenters. The van der Waals surface area contributed by atoms with Gasteiger partial charge in [-0.05, 0) is 47.1 Å². The number of hydrogen-bond acceptors (Lipinski definition) is 3. The summed E-state index contributed by atoms with van der Waals surface area (Å²) < 4.78 is 0.713. The first kappa shape index (κ1) is 12.6. The number of rotatable bonds is 3. The fourth-order valence-electron chi connectivity index (χ4n) is 2.24. The summed E-state index contributed by atoms with van der Waals surface area (Å²) >= 11 is 2.03. The summed E-state index contributed by atoms with van der Waals surface area (Å²) in [6.45, 7) is 4.35. The molecule has 92 valence electrons. The zero-order valence-corrected chi connectivity index (χ0v) is 11.9. The minimum absolute atomic E-state index is 0.195. The summed E-state index contributed by atoms with van der Waals surface area (Å²) in [4.78, 5) is 12.7. The van der Waals surface area contributed by atoms with E-state index in [1.807, 2.05) is 34.7 Å². The van der Waals surface area contributed by atoms with Gasteiger partial charge in [0.15, 0.2) is 0 Å². The summed E-state index contributed by atoms with van der Waals surface area (Å²) in [6, 6.07) is 5.38. The molecular formula is C12H15IN2O2. The van der Waals surface area contributed by atoms with Crippen LogP contribution in [0, 0.1) is 19.6 Å². The molecule has 17 heavy (non-hydrogen) atoms. The third-order valence-corrected chi connectivity index (χ3v) is 4.22. The normalized spacial score (nSPS) is 19.6. The molecule has 0 radical (unpaired) electrons. The smallest absolute Gasteiger partial charge is 0.282 e. The van der Waals surface area contributed by atoms with E-state index in [-0.39, 0.29) is 10.6 Å². The molecule has 1 fully saturated rings. The van der Waals surface area contributed by atoms with Crippen LogP contribution in [-0.2, 0) is 0 Å². The van der Waals surface area contributed by atoms with Gasteiger partial charge < -0.3 is 4.90 Å². The number of benzene rings is 1. The third kappa shape index (κ3) is 2.70. The topological polar surface area (TPSA) is 46.4 Å². The van der Waals surface area contributed by atoms with E-state index in [4.69, 9.17) is 0 Å². The Kier molecular flexibility index (Phi) is 3.86. The van der Waals surface area contributed by atoms with Crippen molar-refractivity contribution in [3.63, 3.8) is 0 Å². The number of nitrogens with zero attached hydrogens (tertiary/aromatic N) is 2. The second-order valence-electron chi connectivity index (χ2n) is 4.40. The molecule has 4 nitrogen and oxygen atoms in total. The Labute approximate surface area is 114 Å². The van der Waals surface area contributed by atoms with Crippen molar-refractivity contribution in [2.75, 3.05) is 18.0 Å². The molecule has 1 aromatic rings. The van der Waals surface area contributed by atoms with E-state index >= 15 is 0 Å². The molecule has 0 aliphatic carbocycles. The summed E-state index contributed by atoms with van der Waals surface area (Å²) in [5, 5.41) is 10.7. The highest BCUT2D eigenvalue weighted by atomic mass is 127. The molecule has 0 spiro atoms. The van der Waals surface area contributed by atoms with Gasteiger partial charge in [-0.1, -0.05) is 13.3 Å². The van der Waals surface area contributed by atoms with E-state index in [0.29, 0.717) is 3.57 Å². The quantitative estimate of drug-likeness (QED) is 0.479. The first-order valence-corrected chi connectivity index (χ1v) is 6.88. The summed E-state index contributed by atoms with van der Waals surface area (Å²) in [6.07, 6.45) is 2.44. The van der Waals surface area contributed by atoms with Crippen molar-refractivity contribution in [3.05, 3.63) is 31.9 Å². The predicted molar refractivity (Wildman–Crippen MR) is 76.4 cm³/mol. The molecule has 1 aromatic carbocycles. The highest BCUT2D eigenvalue weighted by Gasteiger charge is 2.22. The maximum atomic E-state index is 10.7. The van der Waals surface area contributed by atoms with Gasteiger partial charge in [0.05, 0.1) is 8.49 Å². The van der Waals surface area contributed by atoms with Gasteiger partial charge in [-0.25, -0.2) is 0 Å². The SMILES string of the molecule is CCC1CCN(c2ccc([N+](=O)[O-])c(I)c2)C1. The van der Waals surface area contributed by atoms with Crippen molar-refractivity contribution >= 4 is 34.0 Å². The van der Waals surface area contributed by atoms with Gasteiger partial charge >= 0.3 is 0 Å². The molecule has 0 bridgehead atoms. The van der Waals surface area contributed by atoms with Crippen LogP contribution in [0.25, 0.3) is 0 Å². The summed E-state index contributed by atoms with van der Waals surface area (Å²) in [5.41, 5.74) is 1.30. The van der Waals surface area contributed by atoms with E-state index in [1.54, 1.807) is 6.07 Å².